The number of rotatable bonds is 4. The van der Waals surface area contributed by atoms with Crippen LogP contribution in [0.3, 0.4) is 0 Å². The average Bonchev–Trinajstić information content (AvgIpc) is 2.74. The monoisotopic (exact) mass is 410 g/mol. The molecule has 0 atom stereocenters. The zero-order valence-corrected chi connectivity index (χ0v) is 17.0. The quantitative estimate of drug-likeness (QED) is 0.506. The summed E-state index contributed by atoms with van der Waals surface area (Å²) in [6.45, 7) is 1.70. The van der Waals surface area contributed by atoms with Crippen molar-refractivity contribution in [2.75, 3.05) is 28.4 Å². The van der Waals surface area contributed by atoms with Crippen LogP contribution >= 0.6 is 0 Å². The Morgan fingerprint density at radius 2 is 1.43 bits per heavy atom. The van der Waals surface area contributed by atoms with Crippen LogP contribution in [0.2, 0.25) is 0 Å². The first kappa shape index (κ1) is 19.5. The molecule has 1 aliphatic carbocycles. The zero-order chi connectivity index (χ0) is 21.7. The van der Waals surface area contributed by atoms with Crippen LogP contribution in [0.5, 0.6) is 23.0 Å². The number of carbonyl (C=O) groups is 2. The van der Waals surface area contributed by atoms with Crippen LogP contribution in [-0.4, -0.2) is 40.0 Å². The molecule has 8 heteroatoms. The van der Waals surface area contributed by atoms with Gasteiger partial charge in [-0.05, 0) is 18.6 Å². The molecule has 154 valence electrons. The second-order valence-electron chi connectivity index (χ2n) is 6.68. The summed E-state index contributed by atoms with van der Waals surface area (Å²) < 4.78 is 26.9. The van der Waals surface area contributed by atoms with E-state index < -0.39 is 17.0 Å². The van der Waals surface area contributed by atoms with E-state index >= 15 is 0 Å². The summed E-state index contributed by atoms with van der Waals surface area (Å²) in [7, 11) is 5.58. The maximum atomic E-state index is 13.4. The second-order valence-corrected chi connectivity index (χ2v) is 6.68. The van der Waals surface area contributed by atoms with Crippen molar-refractivity contribution >= 4 is 22.5 Å². The van der Waals surface area contributed by atoms with E-state index in [-0.39, 0.29) is 50.7 Å². The molecule has 1 aliphatic rings. The van der Waals surface area contributed by atoms with Gasteiger partial charge in [-0.1, -0.05) is 0 Å². The second kappa shape index (κ2) is 6.91. The van der Waals surface area contributed by atoms with Gasteiger partial charge in [-0.2, -0.15) is 0 Å². The first-order valence-corrected chi connectivity index (χ1v) is 8.95. The van der Waals surface area contributed by atoms with Gasteiger partial charge in [0.1, 0.15) is 22.6 Å². The van der Waals surface area contributed by atoms with E-state index in [9.17, 15) is 14.4 Å². The van der Waals surface area contributed by atoms with Crippen LogP contribution in [0.25, 0.3) is 11.0 Å². The number of carbonyl (C=O) groups excluding carboxylic acids is 2. The highest BCUT2D eigenvalue weighted by atomic mass is 16.5. The van der Waals surface area contributed by atoms with E-state index in [1.807, 2.05) is 0 Å². The Hall–Kier alpha value is -3.81. The van der Waals surface area contributed by atoms with Gasteiger partial charge in [-0.25, -0.2) is 0 Å². The predicted octanol–water partition coefficient (Wildman–Crippen LogP) is 2.91. The highest BCUT2D eigenvalue weighted by Gasteiger charge is 2.41. The fourth-order valence-electron chi connectivity index (χ4n) is 3.78. The number of hydrogen-bond acceptors (Lipinski definition) is 8. The Morgan fingerprint density at radius 1 is 0.733 bits per heavy atom. The number of fused-ring (bicyclic) bond motifs is 3. The van der Waals surface area contributed by atoms with E-state index in [0.29, 0.717) is 11.3 Å². The fraction of sp³-hybridized carbons (Fsp3) is 0.227. The Balaban J connectivity index is 2.14. The van der Waals surface area contributed by atoms with Gasteiger partial charge in [0.2, 0.25) is 17.0 Å². The third kappa shape index (κ3) is 2.50. The number of benzene rings is 2. The first-order valence-electron chi connectivity index (χ1n) is 8.95. The van der Waals surface area contributed by atoms with Crippen molar-refractivity contribution in [2.45, 2.75) is 6.92 Å². The van der Waals surface area contributed by atoms with Crippen molar-refractivity contribution in [3.05, 3.63) is 56.4 Å². The van der Waals surface area contributed by atoms with E-state index in [0.717, 1.165) is 0 Å². The van der Waals surface area contributed by atoms with E-state index in [4.69, 9.17) is 23.4 Å². The van der Waals surface area contributed by atoms with Gasteiger partial charge in [0, 0.05) is 12.1 Å². The zero-order valence-electron chi connectivity index (χ0n) is 17.0. The number of aryl methyl sites for hydroxylation is 1. The molecule has 0 bridgehead atoms. The number of ketones is 2. The van der Waals surface area contributed by atoms with Gasteiger partial charge in [-0.3, -0.25) is 14.4 Å². The molecule has 0 amide bonds. The molecule has 0 radical (unpaired) electrons. The van der Waals surface area contributed by atoms with Gasteiger partial charge in [0.05, 0.1) is 45.0 Å². The van der Waals surface area contributed by atoms with Crippen LogP contribution in [0, 0.1) is 6.92 Å². The number of ether oxygens (including phenoxy) is 4. The van der Waals surface area contributed by atoms with Crippen LogP contribution in [-0.2, 0) is 0 Å². The Bertz CT molecular complexity index is 1300. The van der Waals surface area contributed by atoms with Crippen molar-refractivity contribution in [2.24, 2.45) is 0 Å². The molecule has 8 nitrogen and oxygen atoms in total. The lowest BCUT2D eigenvalue weighted by atomic mass is 9.85. The molecule has 0 aliphatic heterocycles. The number of hydrogen-bond donors (Lipinski definition) is 0. The van der Waals surface area contributed by atoms with Gasteiger partial charge in [0.25, 0.3) is 0 Å². The van der Waals surface area contributed by atoms with Crippen LogP contribution in [0.1, 0.15) is 37.6 Å². The number of methoxy groups -OCH3 is 4. The smallest absolute Gasteiger partial charge is 0.233 e. The summed E-state index contributed by atoms with van der Waals surface area (Å²) in [5.74, 6) is -0.889. The lowest BCUT2D eigenvalue weighted by Crippen LogP contribution is -2.29. The molecular weight excluding hydrogens is 392 g/mol. The maximum absolute atomic E-state index is 13.4. The van der Waals surface area contributed by atoms with Crippen molar-refractivity contribution in [3.63, 3.8) is 0 Å². The minimum Gasteiger partial charge on any atom is -0.497 e. The highest BCUT2D eigenvalue weighted by Crippen LogP contribution is 2.44. The molecular formula is C22H18O8. The maximum Gasteiger partial charge on any atom is 0.233 e. The van der Waals surface area contributed by atoms with Gasteiger partial charge < -0.3 is 23.4 Å². The molecule has 30 heavy (non-hydrogen) atoms. The fourth-order valence-corrected chi connectivity index (χ4v) is 3.78. The molecule has 0 fully saturated rings. The van der Waals surface area contributed by atoms with Crippen molar-refractivity contribution < 1.29 is 33.0 Å². The van der Waals surface area contributed by atoms with Crippen LogP contribution in [0.4, 0.5) is 0 Å². The molecule has 1 aromatic heterocycles. The van der Waals surface area contributed by atoms with E-state index in [1.165, 1.54) is 40.6 Å². The first-order chi connectivity index (χ1) is 14.4. The molecule has 0 spiro atoms. The lowest BCUT2D eigenvalue weighted by molar-refractivity contribution is 0.0951. The third-order valence-electron chi connectivity index (χ3n) is 5.14. The molecule has 0 N–H and O–H groups in total. The average molecular weight is 410 g/mol. The van der Waals surface area contributed by atoms with Gasteiger partial charge in [0.15, 0.2) is 17.3 Å². The highest BCUT2D eigenvalue weighted by molar-refractivity contribution is 6.30. The summed E-state index contributed by atoms with van der Waals surface area (Å²) in [5.41, 5.74) is -0.356. The van der Waals surface area contributed by atoms with Crippen LogP contribution in [0.15, 0.2) is 27.4 Å². The molecule has 3 aromatic rings. The van der Waals surface area contributed by atoms with Gasteiger partial charge in [-0.15, -0.1) is 0 Å². The molecule has 0 saturated heterocycles. The van der Waals surface area contributed by atoms with Crippen molar-refractivity contribution in [3.8, 4) is 23.0 Å². The molecule has 4 rings (SSSR count). The summed E-state index contributed by atoms with van der Waals surface area (Å²) in [4.78, 5) is 40.1. The standard InChI is InChI=1S/C22H18O8/c1-9-6-10(26-2)7-12-14(9)18(23)17-19(24)15-11(27-3)8-13(28-4)21(29-5)16(15)20(25)22(17)30-12/h6-8H,1-5H3. The molecule has 1 heterocycles. The van der Waals surface area contributed by atoms with Crippen molar-refractivity contribution in [1.29, 1.82) is 0 Å². The Labute approximate surface area is 170 Å². The lowest BCUT2D eigenvalue weighted by Gasteiger charge is -2.22. The minimum absolute atomic E-state index is 0.0573. The molecule has 0 saturated carbocycles. The topological polar surface area (TPSA) is 101 Å². The predicted molar refractivity (Wildman–Crippen MR) is 107 cm³/mol. The Morgan fingerprint density at radius 3 is 2.03 bits per heavy atom. The third-order valence-corrected chi connectivity index (χ3v) is 5.14. The summed E-state index contributed by atoms with van der Waals surface area (Å²) in [6.07, 6.45) is 0. The van der Waals surface area contributed by atoms with Crippen LogP contribution < -0.4 is 24.4 Å². The van der Waals surface area contributed by atoms with Crippen molar-refractivity contribution in [1.82, 2.24) is 0 Å². The SMILES string of the molecule is COc1cc(C)c2c(=O)c3c(oc2c1)C(=O)c1c(OC)c(OC)cc(OC)c1C3=O. The summed E-state index contributed by atoms with van der Waals surface area (Å²) in [5, 5.41) is 0.207. The summed E-state index contributed by atoms with van der Waals surface area (Å²) in [6, 6.07) is 4.59. The Kier molecular flexibility index (Phi) is 4.49. The van der Waals surface area contributed by atoms with E-state index in [2.05, 4.69) is 0 Å². The molecule has 2 aromatic carbocycles. The minimum atomic E-state index is -0.678. The summed E-state index contributed by atoms with van der Waals surface area (Å²) >= 11 is 0. The largest absolute Gasteiger partial charge is 0.497 e. The van der Waals surface area contributed by atoms with E-state index in [1.54, 1.807) is 13.0 Å². The van der Waals surface area contributed by atoms with Gasteiger partial charge >= 0.3 is 0 Å². The normalized spacial score (nSPS) is 12.4. The molecule has 0 unspecified atom stereocenters.